The highest BCUT2D eigenvalue weighted by atomic mass is 16.5. The summed E-state index contributed by atoms with van der Waals surface area (Å²) in [5, 5.41) is 0. The molecule has 0 radical (unpaired) electrons. The third-order valence-electron chi connectivity index (χ3n) is 3.12. The lowest BCUT2D eigenvalue weighted by Crippen LogP contribution is -2.48. The Labute approximate surface area is 92.4 Å². The molecular weight excluding hydrogens is 190 g/mol. The summed E-state index contributed by atoms with van der Waals surface area (Å²) >= 11 is 0. The van der Waals surface area contributed by atoms with E-state index in [0.717, 1.165) is 12.8 Å². The van der Waals surface area contributed by atoms with Gasteiger partial charge in [0, 0.05) is 0 Å². The zero-order chi connectivity index (χ0) is 11.9. The van der Waals surface area contributed by atoms with Gasteiger partial charge in [0.25, 0.3) is 0 Å². The third-order valence-corrected chi connectivity index (χ3v) is 3.12. The van der Waals surface area contributed by atoms with Gasteiger partial charge in [-0.25, -0.2) is 0 Å². The van der Waals surface area contributed by atoms with Gasteiger partial charge in [-0.15, -0.1) is 0 Å². The molecule has 0 aliphatic heterocycles. The minimum Gasteiger partial charge on any atom is -0.461 e. The molecule has 3 nitrogen and oxygen atoms in total. The first-order valence-corrected chi connectivity index (χ1v) is 5.60. The number of hydrogen-bond acceptors (Lipinski definition) is 3. The average Bonchev–Trinajstić information content (AvgIpc) is 1.90. The summed E-state index contributed by atoms with van der Waals surface area (Å²) in [5.74, 6) is 0.371. The van der Waals surface area contributed by atoms with Crippen LogP contribution in [0.2, 0.25) is 0 Å². The van der Waals surface area contributed by atoms with E-state index in [1.165, 1.54) is 0 Å². The van der Waals surface area contributed by atoms with Crippen LogP contribution in [0.5, 0.6) is 0 Å². The number of carbonyl (C=O) groups excluding carboxylic acids is 1. The van der Waals surface area contributed by atoms with Crippen molar-refractivity contribution in [3.8, 4) is 0 Å². The largest absolute Gasteiger partial charge is 0.461 e. The van der Waals surface area contributed by atoms with Crippen LogP contribution in [0.4, 0.5) is 0 Å². The minimum absolute atomic E-state index is 0.0875. The second-order valence-electron chi connectivity index (χ2n) is 6.28. The molecule has 0 aromatic carbocycles. The van der Waals surface area contributed by atoms with Crippen molar-refractivity contribution in [3.05, 3.63) is 0 Å². The molecule has 0 saturated heterocycles. The zero-order valence-electron chi connectivity index (χ0n) is 10.5. The van der Waals surface area contributed by atoms with Crippen molar-refractivity contribution in [2.75, 3.05) is 0 Å². The van der Waals surface area contributed by atoms with E-state index in [1.807, 2.05) is 0 Å². The molecule has 1 fully saturated rings. The van der Waals surface area contributed by atoms with Crippen molar-refractivity contribution >= 4 is 5.97 Å². The molecule has 0 amide bonds. The molecule has 0 bridgehead atoms. The van der Waals surface area contributed by atoms with Gasteiger partial charge >= 0.3 is 5.97 Å². The summed E-state index contributed by atoms with van der Waals surface area (Å²) in [6.45, 7) is 10.0. The first kappa shape index (κ1) is 12.5. The van der Waals surface area contributed by atoms with E-state index in [-0.39, 0.29) is 12.1 Å². The van der Waals surface area contributed by atoms with E-state index >= 15 is 0 Å². The molecule has 15 heavy (non-hydrogen) atoms. The summed E-state index contributed by atoms with van der Waals surface area (Å²) in [5.41, 5.74) is 5.10. The Morgan fingerprint density at radius 3 is 2.00 bits per heavy atom. The highest BCUT2D eigenvalue weighted by Crippen LogP contribution is 2.42. The molecule has 88 valence electrons. The quantitative estimate of drug-likeness (QED) is 0.715. The summed E-state index contributed by atoms with van der Waals surface area (Å²) in [6.07, 6.45) is 2.04. The Bertz CT molecular complexity index is 241. The van der Waals surface area contributed by atoms with Crippen LogP contribution in [0, 0.1) is 11.3 Å². The predicted octanol–water partition coefficient (Wildman–Crippen LogP) is 2.09. The van der Waals surface area contributed by atoms with E-state index in [9.17, 15) is 4.79 Å². The van der Waals surface area contributed by atoms with Crippen LogP contribution in [0.3, 0.4) is 0 Å². The molecule has 1 rings (SSSR count). The Kier molecular flexibility index (Phi) is 3.15. The maximum Gasteiger partial charge on any atom is 0.325 e. The van der Waals surface area contributed by atoms with Gasteiger partial charge in [-0.05, 0) is 38.0 Å². The van der Waals surface area contributed by atoms with E-state index in [4.69, 9.17) is 10.5 Å². The van der Waals surface area contributed by atoms with Crippen molar-refractivity contribution in [1.29, 1.82) is 0 Å². The average molecular weight is 213 g/mol. The fourth-order valence-electron chi connectivity index (χ4n) is 1.67. The lowest BCUT2D eigenvalue weighted by atomic mass is 9.67. The first-order valence-electron chi connectivity index (χ1n) is 5.60. The lowest BCUT2D eigenvalue weighted by Gasteiger charge is -2.43. The van der Waals surface area contributed by atoms with Crippen molar-refractivity contribution in [2.45, 2.75) is 59.1 Å². The Morgan fingerprint density at radius 1 is 1.20 bits per heavy atom. The molecule has 0 heterocycles. The number of nitrogens with two attached hydrogens (primary N) is 1. The molecule has 0 atom stereocenters. The molecule has 3 heteroatoms. The normalized spacial score (nSPS) is 27.1. The molecule has 0 aromatic heterocycles. The van der Waals surface area contributed by atoms with Crippen LogP contribution in [-0.2, 0) is 9.53 Å². The van der Waals surface area contributed by atoms with E-state index in [2.05, 4.69) is 20.8 Å². The fraction of sp³-hybridized carbons (Fsp3) is 0.917. The number of ether oxygens (including phenoxy) is 1. The standard InChI is InChI=1S/C12H23NO2/c1-11(2,3)8-6-9(7-8)15-10(14)12(4,5)13/h8-9H,6-7,13H2,1-5H3. The van der Waals surface area contributed by atoms with Crippen LogP contribution in [-0.4, -0.2) is 17.6 Å². The van der Waals surface area contributed by atoms with Crippen LogP contribution in [0.15, 0.2) is 0 Å². The molecule has 1 saturated carbocycles. The molecule has 0 spiro atoms. The summed E-state index contributed by atoms with van der Waals surface area (Å²) in [7, 11) is 0. The van der Waals surface area contributed by atoms with E-state index < -0.39 is 5.54 Å². The van der Waals surface area contributed by atoms with Gasteiger partial charge in [-0.1, -0.05) is 20.8 Å². The molecule has 0 unspecified atom stereocenters. The molecular formula is C12H23NO2. The monoisotopic (exact) mass is 213 g/mol. The first-order chi connectivity index (χ1) is 6.60. The summed E-state index contributed by atoms with van der Waals surface area (Å²) in [4.78, 5) is 11.5. The smallest absolute Gasteiger partial charge is 0.325 e. The molecule has 1 aliphatic rings. The van der Waals surface area contributed by atoms with Crippen LogP contribution in [0.1, 0.15) is 47.5 Å². The Morgan fingerprint density at radius 2 is 1.67 bits per heavy atom. The van der Waals surface area contributed by atoms with Gasteiger partial charge in [0.15, 0.2) is 0 Å². The molecule has 0 aromatic rings. The Hall–Kier alpha value is -0.570. The SMILES string of the molecule is CC(C)(N)C(=O)OC1CC(C(C)(C)C)C1. The highest BCUT2D eigenvalue weighted by molar-refractivity contribution is 5.79. The van der Waals surface area contributed by atoms with Gasteiger partial charge in [-0.2, -0.15) is 0 Å². The summed E-state index contributed by atoms with van der Waals surface area (Å²) < 4.78 is 5.31. The second kappa shape index (κ2) is 3.78. The van der Waals surface area contributed by atoms with Gasteiger partial charge in [0.2, 0.25) is 0 Å². The van der Waals surface area contributed by atoms with Crippen molar-refractivity contribution in [3.63, 3.8) is 0 Å². The van der Waals surface area contributed by atoms with Crippen molar-refractivity contribution < 1.29 is 9.53 Å². The Balaban J connectivity index is 2.33. The zero-order valence-corrected chi connectivity index (χ0v) is 10.5. The predicted molar refractivity (Wildman–Crippen MR) is 60.3 cm³/mol. The van der Waals surface area contributed by atoms with Crippen LogP contribution in [0.25, 0.3) is 0 Å². The van der Waals surface area contributed by atoms with Crippen molar-refractivity contribution in [1.82, 2.24) is 0 Å². The second-order valence-corrected chi connectivity index (χ2v) is 6.28. The number of rotatable bonds is 2. The minimum atomic E-state index is -0.868. The van der Waals surface area contributed by atoms with E-state index in [0.29, 0.717) is 11.3 Å². The van der Waals surface area contributed by atoms with Gasteiger partial charge in [0.1, 0.15) is 11.6 Å². The van der Waals surface area contributed by atoms with Gasteiger partial charge in [-0.3, -0.25) is 4.79 Å². The van der Waals surface area contributed by atoms with Crippen molar-refractivity contribution in [2.24, 2.45) is 17.1 Å². The molecule has 2 N–H and O–H groups in total. The fourth-order valence-corrected chi connectivity index (χ4v) is 1.67. The number of carbonyl (C=O) groups is 1. The lowest BCUT2D eigenvalue weighted by molar-refractivity contribution is -0.163. The maximum absolute atomic E-state index is 11.5. The number of esters is 1. The molecule has 1 aliphatic carbocycles. The van der Waals surface area contributed by atoms with E-state index in [1.54, 1.807) is 13.8 Å². The third kappa shape index (κ3) is 3.20. The van der Waals surface area contributed by atoms with Crippen LogP contribution >= 0.6 is 0 Å². The van der Waals surface area contributed by atoms with Crippen LogP contribution < -0.4 is 5.73 Å². The highest BCUT2D eigenvalue weighted by Gasteiger charge is 2.40. The van der Waals surface area contributed by atoms with Gasteiger partial charge < -0.3 is 10.5 Å². The topological polar surface area (TPSA) is 52.3 Å². The van der Waals surface area contributed by atoms with Gasteiger partial charge in [0.05, 0.1) is 0 Å². The number of hydrogen-bond donors (Lipinski definition) is 1. The summed E-state index contributed by atoms with van der Waals surface area (Å²) in [6, 6.07) is 0. The maximum atomic E-state index is 11.5.